The number of benzene rings is 1. The van der Waals surface area contributed by atoms with Gasteiger partial charge in [0.2, 0.25) is 0 Å². The second-order valence-electron chi connectivity index (χ2n) is 7.44. The third-order valence-corrected chi connectivity index (χ3v) is 4.43. The lowest BCUT2D eigenvalue weighted by Gasteiger charge is -2.17. The second kappa shape index (κ2) is 10.9. The molecule has 1 aromatic heterocycles. The molecule has 1 heterocycles. The molecule has 0 unspecified atom stereocenters. The number of hydrogen-bond donors (Lipinski definition) is 3. The van der Waals surface area contributed by atoms with Crippen molar-refractivity contribution in [2.24, 2.45) is 5.92 Å². The van der Waals surface area contributed by atoms with Crippen LogP contribution in [0.2, 0.25) is 0 Å². The van der Waals surface area contributed by atoms with E-state index in [0.29, 0.717) is 6.42 Å². The van der Waals surface area contributed by atoms with Crippen LogP contribution in [0, 0.1) is 5.92 Å². The van der Waals surface area contributed by atoms with Gasteiger partial charge in [0, 0.05) is 12.1 Å². The minimum Gasteiger partial charge on any atom is -0.480 e. The SMILES string of the molecule is CC(C)[C@H](NC(=O)c1ccc[n+](COC(=O)N[C@@H](C)Cc2ccccc2)c1)C(=O)O. The van der Waals surface area contributed by atoms with Gasteiger partial charge in [0.05, 0.1) is 0 Å². The van der Waals surface area contributed by atoms with Crippen molar-refractivity contribution in [1.29, 1.82) is 0 Å². The molecule has 0 fully saturated rings. The normalized spacial score (nSPS) is 12.7. The zero-order valence-electron chi connectivity index (χ0n) is 17.4. The van der Waals surface area contributed by atoms with Crippen LogP contribution in [-0.4, -0.2) is 35.2 Å². The van der Waals surface area contributed by atoms with Crippen LogP contribution in [0.25, 0.3) is 0 Å². The first-order chi connectivity index (χ1) is 14.3. The molecule has 0 aliphatic rings. The van der Waals surface area contributed by atoms with E-state index >= 15 is 0 Å². The molecule has 0 saturated carbocycles. The number of pyridine rings is 1. The largest absolute Gasteiger partial charge is 0.480 e. The smallest absolute Gasteiger partial charge is 0.412 e. The zero-order chi connectivity index (χ0) is 22.1. The van der Waals surface area contributed by atoms with E-state index in [9.17, 15) is 19.5 Å². The number of rotatable bonds is 9. The summed E-state index contributed by atoms with van der Waals surface area (Å²) in [6, 6.07) is 11.9. The topological polar surface area (TPSA) is 109 Å². The van der Waals surface area contributed by atoms with Crippen LogP contribution in [0.15, 0.2) is 54.9 Å². The highest BCUT2D eigenvalue weighted by Gasteiger charge is 2.25. The highest BCUT2D eigenvalue weighted by atomic mass is 16.6. The molecule has 8 nitrogen and oxygen atoms in total. The van der Waals surface area contributed by atoms with Gasteiger partial charge in [-0.15, -0.1) is 0 Å². The number of amides is 2. The number of carboxylic acids is 1. The number of nitrogens with zero attached hydrogens (tertiary/aromatic N) is 1. The van der Waals surface area contributed by atoms with Crippen LogP contribution in [0.4, 0.5) is 4.79 Å². The maximum absolute atomic E-state index is 12.4. The number of carboxylic acid groups (broad SMARTS) is 1. The average molecular weight is 414 g/mol. The Morgan fingerprint density at radius 2 is 1.73 bits per heavy atom. The molecule has 1 aromatic carbocycles. The summed E-state index contributed by atoms with van der Waals surface area (Å²) in [5.74, 6) is -1.86. The van der Waals surface area contributed by atoms with Crippen LogP contribution in [0.5, 0.6) is 0 Å². The van der Waals surface area contributed by atoms with Gasteiger partial charge in [0.1, 0.15) is 11.6 Å². The molecular formula is C22H28N3O5+. The van der Waals surface area contributed by atoms with Crippen LogP contribution >= 0.6 is 0 Å². The van der Waals surface area contributed by atoms with Crippen LogP contribution in [0.3, 0.4) is 0 Å². The van der Waals surface area contributed by atoms with Gasteiger partial charge in [0.15, 0.2) is 12.4 Å². The molecule has 0 aliphatic carbocycles. The summed E-state index contributed by atoms with van der Waals surface area (Å²) in [5, 5.41) is 14.5. The summed E-state index contributed by atoms with van der Waals surface area (Å²) in [6.07, 6.45) is 3.26. The van der Waals surface area contributed by atoms with Gasteiger partial charge in [-0.05, 0) is 30.9 Å². The van der Waals surface area contributed by atoms with Gasteiger partial charge < -0.3 is 20.5 Å². The van der Waals surface area contributed by atoms with Gasteiger partial charge >= 0.3 is 12.1 Å². The molecule has 0 saturated heterocycles. The van der Waals surface area contributed by atoms with E-state index in [4.69, 9.17) is 4.74 Å². The Morgan fingerprint density at radius 3 is 2.37 bits per heavy atom. The highest BCUT2D eigenvalue weighted by molar-refractivity contribution is 5.96. The number of carbonyl (C=O) groups is 3. The number of aliphatic carboxylic acids is 1. The van der Waals surface area contributed by atoms with Gasteiger partial charge in [-0.3, -0.25) is 4.79 Å². The molecule has 0 aliphatic heterocycles. The first-order valence-electron chi connectivity index (χ1n) is 9.76. The molecule has 0 radical (unpaired) electrons. The fourth-order valence-corrected chi connectivity index (χ4v) is 2.87. The molecule has 2 amide bonds. The van der Waals surface area contributed by atoms with E-state index in [1.807, 2.05) is 37.3 Å². The Labute approximate surface area is 175 Å². The first kappa shape index (κ1) is 22.9. The van der Waals surface area contributed by atoms with E-state index < -0.39 is 24.0 Å². The van der Waals surface area contributed by atoms with Crippen molar-refractivity contribution in [2.75, 3.05) is 0 Å². The van der Waals surface area contributed by atoms with Crippen LogP contribution in [0.1, 0.15) is 36.7 Å². The van der Waals surface area contributed by atoms with Gasteiger partial charge in [-0.25, -0.2) is 9.59 Å². The third-order valence-electron chi connectivity index (χ3n) is 4.43. The summed E-state index contributed by atoms with van der Waals surface area (Å²) in [4.78, 5) is 35.7. The van der Waals surface area contributed by atoms with E-state index in [1.165, 1.54) is 10.8 Å². The predicted molar refractivity (Wildman–Crippen MR) is 110 cm³/mol. The lowest BCUT2D eigenvalue weighted by atomic mass is 10.0. The van der Waals surface area contributed by atoms with Crippen LogP contribution in [-0.2, 0) is 22.7 Å². The molecule has 2 rings (SSSR count). The predicted octanol–water partition coefficient (Wildman–Crippen LogP) is 2.13. The minimum atomic E-state index is -1.09. The van der Waals surface area contributed by atoms with Crippen molar-refractivity contribution in [2.45, 2.75) is 46.0 Å². The first-order valence-corrected chi connectivity index (χ1v) is 9.76. The van der Waals surface area contributed by atoms with Crippen molar-refractivity contribution in [3.05, 3.63) is 66.0 Å². The number of nitrogens with one attached hydrogen (secondary N) is 2. The molecule has 0 spiro atoms. The second-order valence-corrected chi connectivity index (χ2v) is 7.44. The molecule has 0 bridgehead atoms. The lowest BCUT2D eigenvalue weighted by Crippen LogP contribution is -2.45. The Kier molecular flexibility index (Phi) is 8.34. The Hall–Kier alpha value is -3.42. The van der Waals surface area contributed by atoms with Crippen molar-refractivity contribution in [1.82, 2.24) is 10.6 Å². The molecular weight excluding hydrogens is 386 g/mol. The van der Waals surface area contributed by atoms with E-state index in [-0.39, 0.29) is 24.3 Å². The Bertz CT molecular complexity index is 870. The average Bonchev–Trinajstić information content (AvgIpc) is 2.70. The monoisotopic (exact) mass is 414 g/mol. The fraction of sp³-hybridized carbons (Fsp3) is 0.364. The Morgan fingerprint density at radius 1 is 1.03 bits per heavy atom. The van der Waals surface area contributed by atoms with Crippen molar-refractivity contribution < 1.29 is 28.8 Å². The lowest BCUT2D eigenvalue weighted by molar-refractivity contribution is -0.727. The van der Waals surface area contributed by atoms with Crippen LogP contribution < -0.4 is 15.2 Å². The molecule has 2 atom stereocenters. The summed E-state index contributed by atoms with van der Waals surface area (Å²) in [7, 11) is 0. The standard InChI is InChI=1S/C22H27N3O5/c1-15(2)19(21(27)28)24-20(26)18-10-7-11-25(13-18)14-30-22(29)23-16(3)12-17-8-5-4-6-9-17/h4-11,13,15-16,19H,12,14H2,1-3H3,(H2-,23,24,26,27,28,29)/p+1/t16-,19-/m0/s1. The Balaban J connectivity index is 1.88. The maximum atomic E-state index is 12.4. The number of aromatic nitrogens is 1. The third kappa shape index (κ3) is 7.20. The van der Waals surface area contributed by atoms with E-state index in [1.54, 1.807) is 32.2 Å². The molecule has 160 valence electrons. The summed E-state index contributed by atoms with van der Waals surface area (Å²) in [5.41, 5.74) is 1.38. The summed E-state index contributed by atoms with van der Waals surface area (Å²) >= 11 is 0. The summed E-state index contributed by atoms with van der Waals surface area (Å²) in [6.45, 7) is 5.24. The summed E-state index contributed by atoms with van der Waals surface area (Å²) < 4.78 is 6.75. The number of alkyl carbamates (subject to hydrolysis) is 1. The number of ether oxygens (including phenoxy) is 1. The van der Waals surface area contributed by atoms with E-state index in [0.717, 1.165) is 5.56 Å². The molecule has 2 aromatic rings. The fourth-order valence-electron chi connectivity index (χ4n) is 2.87. The minimum absolute atomic E-state index is 0.0858. The van der Waals surface area contributed by atoms with Gasteiger partial charge in [-0.2, -0.15) is 4.57 Å². The maximum Gasteiger partial charge on any atom is 0.412 e. The number of carbonyl (C=O) groups excluding carboxylic acids is 2. The highest BCUT2D eigenvalue weighted by Crippen LogP contribution is 2.05. The van der Waals surface area contributed by atoms with Crippen molar-refractivity contribution in [3.8, 4) is 0 Å². The van der Waals surface area contributed by atoms with E-state index in [2.05, 4.69) is 10.6 Å². The number of hydrogen-bond acceptors (Lipinski definition) is 4. The van der Waals surface area contributed by atoms with Crippen molar-refractivity contribution >= 4 is 18.0 Å². The van der Waals surface area contributed by atoms with Gasteiger partial charge in [-0.1, -0.05) is 44.2 Å². The molecule has 30 heavy (non-hydrogen) atoms. The van der Waals surface area contributed by atoms with Gasteiger partial charge in [0.25, 0.3) is 12.6 Å². The zero-order valence-corrected chi connectivity index (χ0v) is 17.4. The molecule has 8 heteroatoms. The quantitative estimate of drug-likeness (QED) is 0.545. The van der Waals surface area contributed by atoms with Crippen molar-refractivity contribution in [3.63, 3.8) is 0 Å². The molecule has 3 N–H and O–H groups in total.